The van der Waals surface area contributed by atoms with Gasteiger partial charge in [-0.2, -0.15) is 8.42 Å². The molecule has 1 saturated heterocycles. The van der Waals surface area contributed by atoms with E-state index in [1.807, 2.05) is 67.6 Å². The van der Waals surface area contributed by atoms with Gasteiger partial charge in [0.1, 0.15) is 18.4 Å². The third-order valence-corrected chi connectivity index (χ3v) is 14.9. The fourth-order valence-electron chi connectivity index (χ4n) is 6.09. The highest BCUT2D eigenvalue weighted by Crippen LogP contribution is 2.45. The van der Waals surface area contributed by atoms with Crippen molar-refractivity contribution in [1.29, 1.82) is 0 Å². The fraction of sp³-hybridized carbons (Fsp3) is 0.353. The lowest BCUT2D eigenvalue weighted by Gasteiger charge is -2.46. The van der Waals surface area contributed by atoms with Crippen molar-refractivity contribution in [1.82, 2.24) is 9.55 Å². The zero-order valence-corrected chi connectivity index (χ0v) is 28.4. The number of ether oxygens (including phenoxy) is 1. The molecule has 3 aromatic carbocycles. The average molecular weight is 665 g/mol. The minimum atomic E-state index is -4.27. The van der Waals surface area contributed by atoms with Gasteiger partial charge in [0, 0.05) is 18.2 Å². The summed E-state index contributed by atoms with van der Waals surface area (Å²) >= 11 is 0. The van der Waals surface area contributed by atoms with Gasteiger partial charge >= 0.3 is 5.69 Å². The summed E-state index contributed by atoms with van der Waals surface area (Å²) in [6.07, 6.45) is -0.502. The molecule has 1 fully saturated rings. The second-order valence-corrected chi connectivity index (χ2v) is 18.7. The summed E-state index contributed by atoms with van der Waals surface area (Å²) < 4.78 is 47.4. The van der Waals surface area contributed by atoms with Gasteiger partial charge in [0.25, 0.3) is 24.0 Å². The second kappa shape index (κ2) is 12.9. The van der Waals surface area contributed by atoms with Gasteiger partial charge in [-0.05, 0) is 41.4 Å². The number of hydrogen-bond donors (Lipinski definition) is 2. The topological polar surface area (TPSA) is 137 Å². The minimum absolute atomic E-state index is 0.0438. The molecule has 46 heavy (non-hydrogen) atoms. The highest BCUT2D eigenvalue weighted by Gasteiger charge is 2.58. The molecule has 1 aromatic heterocycles. The van der Waals surface area contributed by atoms with E-state index in [0.29, 0.717) is 0 Å². The summed E-state index contributed by atoms with van der Waals surface area (Å²) in [5, 5.41) is 12.5. The number of aromatic nitrogens is 2. The maximum absolute atomic E-state index is 13.4. The predicted molar refractivity (Wildman–Crippen MR) is 177 cm³/mol. The lowest BCUT2D eigenvalue weighted by Crippen LogP contribution is -2.69. The SMILES string of the molecule is Cc1ccc(S(=O)(=O)OC[C@@]2(CO)O[C@@H](n3cc(C)c(=O)[nH]c3=O)C[C@@H]2O[Si](c2ccccc2)(c2ccccc2)C(C)(C)C)cc1. The maximum atomic E-state index is 13.4. The number of H-pyrrole nitrogens is 1. The first-order valence-electron chi connectivity index (χ1n) is 15.1. The second-order valence-electron chi connectivity index (χ2n) is 12.8. The third-order valence-electron chi connectivity index (χ3n) is 8.60. The summed E-state index contributed by atoms with van der Waals surface area (Å²) in [4.78, 5) is 27.4. The Morgan fingerprint density at radius 2 is 1.52 bits per heavy atom. The summed E-state index contributed by atoms with van der Waals surface area (Å²) in [5.74, 6) is 0. The van der Waals surface area contributed by atoms with E-state index in [-0.39, 0.29) is 16.9 Å². The number of aliphatic hydroxyl groups is 1. The molecule has 4 aromatic rings. The molecular weight excluding hydrogens is 625 g/mol. The monoisotopic (exact) mass is 664 g/mol. The third kappa shape index (κ3) is 6.33. The first-order chi connectivity index (χ1) is 21.7. The molecule has 1 aliphatic rings. The van der Waals surface area contributed by atoms with Crippen LogP contribution in [-0.2, 0) is 23.5 Å². The summed E-state index contributed by atoms with van der Waals surface area (Å²) in [6, 6.07) is 26.0. The number of rotatable bonds is 10. The van der Waals surface area contributed by atoms with Crippen LogP contribution >= 0.6 is 0 Å². The first kappa shape index (κ1) is 33.7. The highest BCUT2D eigenvalue weighted by molar-refractivity contribution is 7.86. The van der Waals surface area contributed by atoms with Gasteiger partial charge in [-0.1, -0.05) is 99.1 Å². The van der Waals surface area contributed by atoms with Crippen molar-refractivity contribution in [2.45, 2.75) is 68.9 Å². The molecule has 0 bridgehead atoms. The average Bonchev–Trinajstić information content (AvgIpc) is 3.39. The molecule has 0 aliphatic carbocycles. The Morgan fingerprint density at radius 3 is 2.04 bits per heavy atom. The Bertz CT molecular complexity index is 1850. The molecule has 0 spiro atoms. The quantitative estimate of drug-likeness (QED) is 0.195. The fourth-order valence-corrected chi connectivity index (χ4v) is 11.8. The molecule has 2 heterocycles. The van der Waals surface area contributed by atoms with E-state index in [2.05, 4.69) is 25.8 Å². The Labute approximate surface area is 269 Å². The van der Waals surface area contributed by atoms with E-state index in [1.54, 1.807) is 19.1 Å². The van der Waals surface area contributed by atoms with Crippen LogP contribution in [0.2, 0.25) is 5.04 Å². The Morgan fingerprint density at radius 1 is 0.957 bits per heavy atom. The van der Waals surface area contributed by atoms with Crippen molar-refractivity contribution in [2.24, 2.45) is 0 Å². The number of hydrogen-bond acceptors (Lipinski definition) is 8. The Kier molecular flexibility index (Phi) is 9.42. The summed E-state index contributed by atoms with van der Waals surface area (Å²) in [6.45, 7) is 8.45. The van der Waals surface area contributed by atoms with Crippen LogP contribution < -0.4 is 21.6 Å². The standard InChI is InChI=1S/C34H40N2O8SSi/c1-24-16-18-26(19-17-24)45(40,41)42-23-34(22-37)29(20-30(43-34)36-21-25(2)31(38)35-32(36)39)44-46(33(3,4)5,27-12-8-6-9-13-27)28-14-10-7-11-15-28/h6-19,21,29-30,37H,20,22-23H2,1-5H3,(H,35,38,39)/t29-,30+,34+/m0/s1. The van der Waals surface area contributed by atoms with Crippen molar-refractivity contribution >= 4 is 28.8 Å². The van der Waals surface area contributed by atoms with Crippen LogP contribution in [0.5, 0.6) is 0 Å². The number of aryl methyl sites for hydroxylation is 2. The van der Waals surface area contributed by atoms with E-state index in [1.165, 1.54) is 22.9 Å². The van der Waals surface area contributed by atoms with Crippen LogP contribution in [0.1, 0.15) is 44.5 Å². The van der Waals surface area contributed by atoms with Gasteiger partial charge in [-0.15, -0.1) is 0 Å². The molecule has 0 amide bonds. The molecule has 2 N–H and O–H groups in total. The van der Waals surface area contributed by atoms with E-state index in [4.69, 9.17) is 13.3 Å². The molecule has 0 radical (unpaired) electrons. The smallest absolute Gasteiger partial charge is 0.330 e. The van der Waals surface area contributed by atoms with E-state index < -0.39 is 65.9 Å². The van der Waals surface area contributed by atoms with Crippen molar-refractivity contribution < 1.29 is 26.9 Å². The highest BCUT2D eigenvalue weighted by atomic mass is 32.2. The lowest BCUT2D eigenvalue weighted by molar-refractivity contribution is -0.142. The van der Waals surface area contributed by atoms with Crippen molar-refractivity contribution in [2.75, 3.05) is 13.2 Å². The van der Waals surface area contributed by atoms with Gasteiger partial charge in [0.2, 0.25) is 0 Å². The Balaban J connectivity index is 1.65. The molecule has 1 aliphatic heterocycles. The van der Waals surface area contributed by atoms with Crippen molar-refractivity contribution in [3.63, 3.8) is 0 Å². The molecule has 5 rings (SSSR count). The van der Waals surface area contributed by atoms with Gasteiger partial charge < -0.3 is 14.3 Å². The molecule has 3 atom stereocenters. The van der Waals surface area contributed by atoms with E-state index in [9.17, 15) is 23.1 Å². The van der Waals surface area contributed by atoms with Crippen LogP contribution in [0.4, 0.5) is 0 Å². The largest absolute Gasteiger partial charge is 0.401 e. The van der Waals surface area contributed by atoms with Gasteiger partial charge in [0.05, 0.1) is 17.6 Å². The van der Waals surface area contributed by atoms with Crippen molar-refractivity contribution in [3.8, 4) is 0 Å². The lowest BCUT2D eigenvalue weighted by atomic mass is 9.99. The minimum Gasteiger partial charge on any atom is -0.401 e. The van der Waals surface area contributed by atoms with Crippen LogP contribution in [0, 0.1) is 13.8 Å². The van der Waals surface area contributed by atoms with Gasteiger partial charge in [0.15, 0.2) is 0 Å². The number of nitrogens with zero attached hydrogens (tertiary/aromatic N) is 1. The van der Waals surface area contributed by atoms with E-state index in [0.717, 1.165) is 15.9 Å². The molecule has 0 saturated carbocycles. The molecular formula is C34H40N2O8SSi. The van der Waals surface area contributed by atoms with Gasteiger partial charge in [-0.25, -0.2) is 4.79 Å². The number of benzene rings is 3. The van der Waals surface area contributed by atoms with Gasteiger partial charge in [-0.3, -0.25) is 18.5 Å². The first-order valence-corrected chi connectivity index (χ1v) is 18.4. The predicted octanol–water partition coefficient (Wildman–Crippen LogP) is 3.15. The summed E-state index contributed by atoms with van der Waals surface area (Å²) in [7, 11) is -7.54. The number of aromatic amines is 1. The van der Waals surface area contributed by atoms with E-state index >= 15 is 0 Å². The molecule has 12 heteroatoms. The Hall–Kier alpha value is -3.65. The summed E-state index contributed by atoms with van der Waals surface area (Å²) in [5.41, 5.74) is -1.77. The molecule has 10 nitrogen and oxygen atoms in total. The zero-order valence-electron chi connectivity index (χ0n) is 26.6. The molecule has 0 unspecified atom stereocenters. The van der Waals surface area contributed by atoms with Crippen LogP contribution in [0.3, 0.4) is 0 Å². The zero-order chi connectivity index (χ0) is 33.3. The van der Waals surface area contributed by atoms with Crippen molar-refractivity contribution in [3.05, 3.63) is 123 Å². The number of aliphatic hydroxyl groups excluding tert-OH is 1. The maximum Gasteiger partial charge on any atom is 0.330 e. The number of nitrogens with one attached hydrogen (secondary N) is 1. The van der Waals surface area contributed by atoms with Crippen LogP contribution in [0.15, 0.2) is 106 Å². The molecule has 244 valence electrons. The normalized spacial score (nSPS) is 20.6. The van der Waals surface area contributed by atoms with Crippen LogP contribution in [0.25, 0.3) is 0 Å². The van der Waals surface area contributed by atoms with Crippen LogP contribution in [-0.4, -0.2) is 56.3 Å².